The van der Waals surface area contributed by atoms with Crippen LogP contribution >= 0.6 is 34.5 Å². The predicted octanol–water partition coefficient (Wildman–Crippen LogP) is 5.33. The van der Waals surface area contributed by atoms with Crippen LogP contribution in [-0.2, 0) is 17.6 Å². The number of thiazole rings is 1. The van der Waals surface area contributed by atoms with Crippen LogP contribution < -0.4 is 0 Å². The maximum Gasteiger partial charge on any atom is 0.308 e. The van der Waals surface area contributed by atoms with Gasteiger partial charge in [0.15, 0.2) is 0 Å². The van der Waals surface area contributed by atoms with Gasteiger partial charge in [-0.1, -0.05) is 47.5 Å². The van der Waals surface area contributed by atoms with E-state index in [4.69, 9.17) is 28.3 Å². The summed E-state index contributed by atoms with van der Waals surface area (Å²) < 4.78 is 0. The van der Waals surface area contributed by atoms with Crippen molar-refractivity contribution in [3.8, 4) is 11.3 Å². The number of hydrogen-bond donors (Lipinski definition) is 1. The molecular formula is C18H13Cl2NO2S. The van der Waals surface area contributed by atoms with E-state index in [9.17, 15) is 4.79 Å². The van der Waals surface area contributed by atoms with Crippen LogP contribution in [0.2, 0.25) is 10.0 Å². The molecule has 0 spiro atoms. The second-order valence-electron chi connectivity index (χ2n) is 5.26. The SMILES string of the molecule is O=C(O)Cc1sc(Cc2ccc(Cl)cc2)nc1-c1ccc(Cl)cc1. The molecule has 0 saturated heterocycles. The molecule has 0 bridgehead atoms. The highest BCUT2D eigenvalue weighted by atomic mass is 35.5. The van der Waals surface area contributed by atoms with E-state index in [2.05, 4.69) is 4.98 Å². The van der Waals surface area contributed by atoms with E-state index in [1.807, 2.05) is 36.4 Å². The molecule has 2 aromatic carbocycles. The van der Waals surface area contributed by atoms with Gasteiger partial charge in [0, 0.05) is 26.9 Å². The Labute approximate surface area is 153 Å². The van der Waals surface area contributed by atoms with Crippen molar-refractivity contribution in [1.82, 2.24) is 4.98 Å². The van der Waals surface area contributed by atoms with E-state index >= 15 is 0 Å². The van der Waals surface area contributed by atoms with E-state index in [1.165, 1.54) is 11.3 Å². The third-order valence-corrected chi connectivity index (χ3v) is 5.00. The molecule has 0 amide bonds. The van der Waals surface area contributed by atoms with Gasteiger partial charge in [-0.05, 0) is 29.8 Å². The lowest BCUT2D eigenvalue weighted by Crippen LogP contribution is -1.99. The zero-order valence-electron chi connectivity index (χ0n) is 12.5. The van der Waals surface area contributed by atoms with Gasteiger partial charge in [0.2, 0.25) is 0 Å². The van der Waals surface area contributed by atoms with Crippen molar-refractivity contribution in [2.24, 2.45) is 0 Å². The van der Waals surface area contributed by atoms with Gasteiger partial charge >= 0.3 is 5.97 Å². The van der Waals surface area contributed by atoms with Crippen molar-refractivity contribution < 1.29 is 9.90 Å². The van der Waals surface area contributed by atoms with Crippen molar-refractivity contribution in [3.05, 3.63) is 74.0 Å². The molecule has 1 heterocycles. The molecule has 122 valence electrons. The second-order valence-corrected chi connectivity index (χ2v) is 7.30. The van der Waals surface area contributed by atoms with Crippen molar-refractivity contribution in [2.45, 2.75) is 12.8 Å². The summed E-state index contributed by atoms with van der Waals surface area (Å²) in [4.78, 5) is 16.6. The van der Waals surface area contributed by atoms with Crippen molar-refractivity contribution in [3.63, 3.8) is 0 Å². The summed E-state index contributed by atoms with van der Waals surface area (Å²) in [5, 5.41) is 11.3. The molecule has 1 N–H and O–H groups in total. The summed E-state index contributed by atoms with van der Waals surface area (Å²) in [7, 11) is 0. The lowest BCUT2D eigenvalue weighted by molar-refractivity contribution is -0.136. The van der Waals surface area contributed by atoms with Gasteiger partial charge in [-0.3, -0.25) is 4.79 Å². The molecule has 0 saturated carbocycles. The van der Waals surface area contributed by atoms with Crippen LogP contribution in [0.4, 0.5) is 0 Å². The third kappa shape index (κ3) is 4.15. The predicted molar refractivity (Wildman–Crippen MR) is 98.2 cm³/mol. The largest absolute Gasteiger partial charge is 0.481 e. The van der Waals surface area contributed by atoms with Crippen LogP contribution in [0.25, 0.3) is 11.3 Å². The molecule has 0 aliphatic rings. The number of aromatic nitrogens is 1. The fourth-order valence-corrected chi connectivity index (χ4v) is 3.71. The summed E-state index contributed by atoms with van der Waals surface area (Å²) in [5.74, 6) is -0.869. The maximum atomic E-state index is 11.2. The number of nitrogens with zero attached hydrogens (tertiary/aromatic N) is 1. The number of halogens is 2. The first kappa shape index (κ1) is 17.0. The Morgan fingerprint density at radius 3 is 2.17 bits per heavy atom. The lowest BCUT2D eigenvalue weighted by atomic mass is 10.1. The van der Waals surface area contributed by atoms with Crippen molar-refractivity contribution >= 4 is 40.5 Å². The van der Waals surface area contributed by atoms with Crippen LogP contribution in [-0.4, -0.2) is 16.1 Å². The molecule has 0 radical (unpaired) electrons. The number of carboxylic acids is 1. The maximum absolute atomic E-state index is 11.2. The first-order valence-electron chi connectivity index (χ1n) is 7.22. The molecule has 6 heteroatoms. The topological polar surface area (TPSA) is 50.2 Å². The van der Waals surface area contributed by atoms with Gasteiger partial charge in [0.25, 0.3) is 0 Å². The highest BCUT2D eigenvalue weighted by molar-refractivity contribution is 7.12. The first-order chi connectivity index (χ1) is 11.5. The summed E-state index contributed by atoms with van der Waals surface area (Å²) in [5.41, 5.74) is 2.66. The summed E-state index contributed by atoms with van der Waals surface area (Å²) >= 11 is 13.3. The van der Waals surface area contributed by atoms with E-state index < -0.39 is 5.97 Å². The van der Waals surface area contributed by atoms with E-state index in [1.54, 1.807) is 12.1 Å². The normalized spacial score (nSPS) is 10.8. The van der Waals surface area contributed by atoms with Crippen molar-refractivity contribution in [2.75, 3.05) is 0 Å². The highest BCUT2D eigenvalue weighted by Gasteiger charge is 2.16. The summed E-state index contributed by atoms with van der Waals surface area (Å²) in [6.07, 6.45) is 0.596. The monoisotopic (exact) mass is 377 g/mol. The number of hydrogen-bond acceptors (Lipinski definition) is 3. The van der Waals surface area contributed by atoms with E-state index in [0.717, 1.165) is 21.0 Å². The fraction of sp³-hybridized carbons (Fsp3) is 0.111. The average molecular weight is 378 g/mol. The zero-order chi connectivity index (χ0) is 17.1. The zero-order valence-corrected chi connectivity index (χ0v) is 14.8. The second kappa shape index (κ2) is 7.34. The minimum atomic E-state index is -0.869. The molecule has 0 fully saturated rings. The van der Waals surface area contributed by atoms with Gasteiger partial charge in [-0.25, -0.2) is 4.98 Å². The first-order valence-corrected chi connectivity index (χ1v) is 8.79. The summed E-state index contributed by atoms with van der Waals surface area (Å²) in [6, 6.07) is 14.8. The van der Waals surface area contributed by atoms with Gasteiger partial charge in [-0.2, -0.15) is 0 Å². The van der Waals surface area contributed by atoms with E-state index in [0.29, 0.717) is 22.2 Å². The molecule has 0 atom stereocenters. The molecule has 3 rings (SSSR count). The molecular weight excluding hydrogens is 365 g/mol. The van der Waals surface area contributed by atoms with Crippen LogP contribution in [0.15, 0.2) is 48.5 Å². The standard InChI is InChI=1S/C18H13Cl2NO2S/c19-13-5-1-11(2-6-13)9-16-21-18(15(24-16)10-17(22)23)12-3-7-14(20)8-4-12/h1-8H,9-10H2,(H,22,23). The molecule has 0 aliphatic carbocycles. The number of aliphatic carboxylic acids is 1. The number of rotatable bonds is 5. The minimum Gasteiger partial charge on any atom is -0.481 e. The molecule has 1 aromatic heterocycles. The molecule has 0 aliphatic heterocycles. The smallest absolute Gasteiger partial charge is 0.308 e. The number of carbonyl (C=O) groups is 1. The van der Waals surface area contributed by atoms with Crippen LogP contribution in [0, 0.1) is 0 Å². The summed E-state index contributed by atoms with van der Waals surface area (Å²) in [6.45, 7) is 0. The van der Waals surface area contributed by atoms with Crippen LogP contribution in [0.5, 0.6) is 0 Å². The molecule has 24 heavy (non-hydrogen) atoms. The van der Waals surface area contributed by atoms with Gasteiger partial charge in [0.1, 0.15) is 0 Å². The van der Waals surface area contributed by atoms with Crippen LogP contribution in [0.1, 0.15) is 15.4 Å². The lowest BCUT2D eigenvalue weighted by Gasteiger charge is -2.00. The minimum absolute atomic E-state index is 0.0454. The van der Waals surface area contributed by atoms with E-state index in [-0.39, 0.29) is 6.42 Å². The Hall–Kier alpha value is -1.88. The Morgan fingerprint density at radius 1 is 1.00 bits per heavy atom. The van der Waals surface area contributed by atoms with Crippen LogP contribution in [0.3, 0.4) is 0 Å². The number of benzene rings is 2. The number of carboxylic acid groups (broad SMARTS) is 1. The molecule has 3 nitrogen and oxygen atoms in total. The van der Waals surface area contributed by atoms with Gasteiger partial charge in [-0.15, -0.1) is 11.3 Å². The Kier molecular flexibility index (Phi) is 5.19. The Morgan fingerprint density at radius 2 is 1.58 bits per heavy atom. The molecule has 0 unspecified atom stereocenters. The average Bonchev–Trinajstić information content (AvgIpc) is 2.92. The Balaban J connectivity index is 1.94. The Bertz CT molecular complexity index is 858. The third-order valence-electron chi connectivity index (χ3n) is 3.44. The van der Waals surface area contributed by atoms with Crippen molar-refractivity contribution in [1.29, 1.82) is 0 Å². The highest BCUT2D eigenvalue weighted by Crippen LogP contribution is 2.31. The van der Waals surface area contributed by atoms with Gasteiger partial charge in [0.05, 0.1) is 17.1 Å². The van der Waals surface area contributed by atoms with Gasteiger partial charge < -0.3 is 5.11 Å². The fourth-order valence-electron chi connectivity index (χ4n) is 2.34. The quantitative estimate of drug-likeness (QED) is 0.653. The molecule has 3 aromatic rings.